The maximum atomic E-state index is 12.2. The molecule has 0 spiro atoms. The molecule has 2 aromatic rings. The Morgan fingerprint density at radius 1 is 1.19 bits per heavy atom. The molecule has 5 nitrogen and oxygen atoms in total. The first-order chi connectivity index (χ1) is 9.99. The number of aryl methyl sites for hydroxylation is 3. The van der Waals surface area contributed by atoms with E-state index in [1.54, 1.807) is 0 Å². The predicted molar refractivity (Wildman–Crippen MR) is 81.6 cm³/mol. The Balaban J connectivity index is 2.13. The van der Waals surface area contributed by atoms with Crippen molar-refractivity contribution in [3.05, 3.63) is 46.8 Å². The summed E-state index contributed by atoms with van der Waals surface area (Å²) in [6.07, 6.45) is 0.326. The molecule has 2 rings (SSSR count). The molecule has 1 N–H and O–H groups in total. The van der Waals surface area contributed by atoms with Gasteiger partial charge in [-0.05, 0) is 26.3 Å². The number of anilines is 1. The summed E-state index contributed by atoms with van der Waals surface area (Å²) >= 11 is 0. The molecule has 0 bridgehead atoms. The molecule has 5 heteroatoms. The van der Waals surface area contributed by atoms with Crippen molar-refractivity contribution in [2.24, 2.45) is 0 Å². The number of nitrogens with one attached hydrogen (secondary N) is 1. The highest BCUT2D eigenvalue weighted by Crippen LogP contribution is 2.19. The molecule has 21 heavy (non-hydrogen) atoms. The summed E-state index contributed by atoms with van der Waals surface area (Å²) in [5.41, 5.74) is 4.15. The molecule has 1 heterocycles. The monoisotopic (exact) mass is 285 g/mol. The third-order valence-corrected chi connectivity index (χ3v) is 3.14. The van der Waals surface area contributed by atoms with Crippen LogP contribution < -0.4 is 10.1 Å². The van der Waals surface area contributed by atoms with Gasteiger partial charge in [-0.25, -0.2) is 0 Å². The molecule has 0 aliphatic carbocycles. The van der Waals surface area contributed by atoms with E-state index in [0.29, 0.717) is 29.5 Å². The number of ether oxygens (including phenoxy) is 1. The molecule has 0 saturated carbocycles. The summed E-state index contributed by atoms with van der Waals surface area (Å²) < 4.78 is 5.01. The van der Waals surface area contributed by atoms with Gasteiger partial charge in [-0.15, -0.1) is 0 Å². The van der Waals surface area contributed by atoms with Crippen molar-refractivity contribution in [3.8, 4) is 6.01 Å². The van der Waals surface area contributed by atoms with Crippen LogP contribution in [0.25, 0.3) is 0 Å². The number of rotatable bonds is 4. The maximum Gasteiger partial charge on any atom is 0.316 e. The zero-order valence-electron chi connectivity index (χ0n) is 12.7. The standard InChI is InChI=1S/C16H19N3O2/c1-10-6-5-7-13(8-10)9-14(20)19-15-11(2)17-16(21-4)18-12(15)3/h5-8H,9H2,1-4H3,(H,19,20). The van der Waals surface area contributed by atoms with Crippen LogP contribution in [0.4, 0.5) is 5.69 Å². The van der Waals surface area contributed by atoms with Crippen molar-refractivity contribution in [2.75, 3.05) is 12.4 Å². The van der Waals surface area contributed by atoms with Gasteiger partial charge in [0.2, 0.25) is 5.91 Å². The van der Waals surface area contributed by atoms with Crippen LogP contribution in [0.5, 0.6) is 6.01 Å². The van der Waals surface area contributed by atoms with Crippen molar-refractivity contribution in [1.82, 2.24) is 9.97 Å². The van der Waals surface area contributed by atoms with Gasteiger partial charge < -0.3 is 10.1 Å². The number of amides is 1. The number of carbonyl (C=O) groups is 1. The van der Waals surface area contributed by atoms with Crippen molar-refractivity contribution in [3.63, 3.8) is 0 Å². The Labute approximate surface area is 124 Å². The SMILES string of the molecule is COc1nc(C)c(NC(=O)Cc2cccc(C)c2)c(C)n1. The number of methoxy groups -OCH3 is 1. The molecular weight excluding hydrogens is 266 g/mol. The Bertz CT molecular complexity index is 645. The Morgan fingerprint density at radius 3 is 2.43 bits per heavy atom. The highest BCUT2D eigenvalue weighted by atomic mass is 16.5. The van der Waals surface area contributed by atoms with Crippen LogP contribution in [0.2, 0.25) is 0 Å². The van der Waals surface area contributed by atoms with E-state index in [1.807, 2.05) is 45.0 Å². The topological polar surface area (TPSA) is 64.1 Å². The normalized spacial score (nSPS) is 10.3. The average molecular weight is 285 g/mol. The highest BCUT2D eigenvalue weighted by Gasteiger charge is 2.12. The first kappa shape index (κ1) is 15.0. The molecule has 0 unspecified atom stereocenters. The number of benzene rings is 1. The van der Waals surface area contributed by atoms with Gasteiger partial charge in [0, 0.05) is 0 Å². The first-order valence-corrected chi connectivity index (χ1v) is 6.74. The lowest BCUT2D eigenvalue weighted by Gasteiger charge is -2.11. The van der Waals surface area contributed by atoms with E-state index in [0.717, 1.165) is 11.1 Å². The van der Waals surface area contributed by atoms with E-state index in [1.165, 1.54) is 7.11 Å². The molecule has 0 fully saturated rings. The van der Waals surface area contributed by atoms with Gasteiger partial charge in [-0.2, -0.15) is 9.97 Å². The van der Waals surface area contributed by atoms with Crippen molar-refractivity contribution in [1.29, 1.82) is 0 Å². The molecule has 1 aromatic carbocycles. The Hall–Kier alpha value is -2.43. The van der Waals surface area contributed by atoms with Crippen LogP contribution in [-0.4, -0.2) is 23.0 Å². The summed E-state index contributed by atoms with van der Waals surface area (Å²) in [6, 6.07) is 8.21. The Kier molecular flexibility index (Phi) is 4.52. The quantitative estimate of drug-likeness (QED) is 0.937. The van der Waals surface area contributed by atoms with E-state index in [2.05, 4.69) is 15.3 Å². The second-order valence-electron chi connectivity index (χ2n) is 4.97. The number of hydrogen-bond donors (Lipinski definition) is 1. The fraction of sp³-hybridized carbons (Fsp3) is 0.312. The fourth-order valence-corrected chi connectivity index (χ4v) is 2.15. The van der Waals surface area contributed by atoms with E-state index in [4.69, 9.17) is 4.74 Å². The molecule has 1 amide bonds. The molecule has 0 saturated heterocycles. The molecule has 0 aliphatic rings. The van der Waals surface area contributed by atoms with Gasteiger partial charge in [0.15, 0.2) is 0 Å². The summed E-state index contributed by atoms with van der Waals surface area (Å²) in [5.74, 6) is -0.0828. The van der Waals surface area contributed by atoms with Crippen LogP contribution in [0.15, 0.2) is 24.3 Å². The van der Waals surface area contributed by atoms with Gasteiger partial charge in [-0.3, -0.25) is 4.79 Å². The van der Waals surface area contributed by atoms with Gasteiger partial charge in [0.05, 0.1) is 30.6 Å². The van der Waals surface area contributed by atoms with E-state index >= 15 is 0 Å². The summed E-state index contributed by atoms with van der Waals surface area (Å²) in [4.78, 5) is 20.5. The number of aromatic nitrogens is 2. The summed E-state index contributed by atoms with van der Waals surface area (Å²) in [6.45, 7) is 5.64. The predicted octanol–water partition coefficient (Wildman–Crippen LogP) is 2.59. The van der Waals surface area contributed by atoms with E-state index in [9.17, 15) is 4.79 Å². The van der Waals surface area contributed by atoms with E-state index < -0.39 is 0 Å². The second-order valence-corrected chi connectivity index (χ2v) is 4.97. The zero-order chi connectivity index (χ0) is 15.4. The van der Waals surface area contributed by atoms with Crippen molar-refractivity contribution in [2.45, 2.75) is 27.2 Å². The fourth-order valence-electron chi connectivity index (χ4n) is 2.15. The smallest absolute Gasteiger partial charge is 0.316 e. The lowest BCUT2D eigenvalue weighted by Crippen LogP contribution is -2.17. The van der Waals surface area contributed by atoms with Crippen molar-refractivity contribution >= 4 is 11.6 Å². The average Bonchev–Trinajstić information content (AvgIpc) is 2.42. The van der Waals surface area contributed by atoms with Gasteiger partial charge in [0.25, 0.3) is 0 Å². The third kappa shape index (κ3) is 3.78. The molecule has 0 atom stereocenters. The van der Waals surface area contributed by atoms with Gasteiger partial charge >= 0.3 is 6.01 Å². The number of carbonyl (C=O) groups excluding carboxylic acids is 1. The Morgan fingerprint density at radius 2 is 1.86 bits per heavy atom. The van der Waals surface area contributed by atoms with E-state index in [-0.39, 0.29) is 5.91 Å². The lowest BCUT2D eigenvalue weighted by atomic mass is 10.1. The van der Waals surface area contributed by atoms with Crippen LogP contribution in [0, 0.1) is 20.8 Å². The van der Waals surface area contributed by atoms with Crippen LogP contribution in [-0.2, 0) is 11.2 Å². The minimum atomic E-state index is -0.0828. The minimum Gasteiger partial charge on any atom is -0.467 e. The lowest BCUT2D eigenvalue weighted by molar-refractivity contribution is -0.115. The largest absolute Gasteiger partial charge is 0.467 e. The van der Waals surface area contributed by atoms with Gasteiger partial charge in [0.1, 0.15) is 0 Å². The molecule has 0 radical (unpaired) electrons. The first-order valence-electron chi connectivity index (χ1n) is 6.74. The second kappa shape index (κ2) is 6.35. The molecule has 110 valence electrons. The van der Waals surface area contributed by atoms with Crippen LogP contribution in [0.3, 0.4) is 0 Å². The summed E-state index contributed by atoms with van der Waals surface area (Å²) in [5, 5.41) is 2.88. The third-order valence-electron chi connectivity index (χ3n) is 3.14. The van der Waals surface area contributed by atoms with Gasteiger partial charge in [-0.1, -0.05) is 29.8 Å². The number of hydrogen-bond acceptors (Lipinski definition) is 4. The molecule has 0 aliphatic heterocycles. The number of nitrogens with zero attached hydrogens (tertiary/aromatic N) is 2. The highest BCUT2D eigenvalue weighted by molar-refractivity contribution is 5.93. The molecule has 1 aromatic heterocycles. The summed E-state index contributed by atoms with van der Waals surface area (Å²) in [7, 11) is 1.52. The van der Waals surface area contributed by atoms with Crippen molar-refractivity contribution < 1.29 is 9.53 Å². The van der Waals surface area contributed by atoms with Crippen LogP contribution >= 0.6 is 0 Å². The zero-order valence-corrected chi connectivity index (χ0v) is 12.7. The minimum absolute atomic E-state index is 0.0828. The van der Waals surface area contributed by atoms with Crippen LogP contribution in [0.1, 0.15) is 22.5 Å². The maximum absolute atomic E-state index is 12.2. The molecular formula is C16H19N3O2.